The fourth-order valence-electron chi connectivity index (χ4n) is 0.786. The molecule has 0 aromatic rings. The Balaban J connectivity index is 3.32. The highest BCUT2D eigenvalue weighted by atomic mass is 14.9. The van der Waals surface area contributed by atoms with Crippen molar-refractivity contribution in [2.24, 2.45) is 0 Å². The van der Waals surface area contributed by atoms with Gasteiger partial charge in [0.1, 0.15) is 0 Å². The third-order valence-electron chi connectivity index (χ3n) is 1.36. The average Bonchev–Trinajstić information content (AvgIpc) is 1.88. The van der Waals surface area contributed by atoms with E-state index in [4.69, 9.17) is 6.57 Å². The van der Waals surface area contributed by atoms with Gasteiger partial charge in [-0.05, 0) is 13.5 Å². The largest absolute Gasteiger partial charge is 0.315 e. The van der Waals surface area contributed by atoms with Crippen molar-refractivity contribution in [1.29, 1.82) is 0 Å². The molecule has 0 aliphatic heterocycles. The van der Waals surface area contributed by atoms with Crippen molar-refractivity contribution in [3.8, 4) is 0 Å². The fraction of sp³-hybridized carbons (Fsp3) is 0.857. The first kappa shape index (κ1) is 8.45. The fourth-order valence-corrected chi connectivity index (χ4v) is 0.786. The molecule has 2 nitrogen and oxygen atoms in total. The van der Waals surface area contributed by atoms with Crippen LogP contribution >= 0.6 is 0 Å². The Bertz CT molecular complexity index is 93.6. The Morgan fingerprint density at radius 2 is 2.33 bits per heavy atom. The van der Waals surface area contributed by atoms with Crippen molar-refractivity contribution in [2.75, 3.05) is 13.6 Å². The lowest BCUT2D eigenvalue weighted by Crippen LogP contribution is -2.27. The van der Waals surface area contributed by atoms with Gasteiger partial charge in [-0.25, -0.2) is 6.57 Å². The van der Waals surface area contributed by atoms with Gasteiger partial charge in [0.15, 0.2) is 0 Å². The van der Waals surface area contributed by atoms with Crippen LogP contribution in [0.1, 0.15) is 19.8 Å². The molecule has 0 amide bonds. The minimum absolute atomic E-state index is 0.410. The second kappa shape index (κ2) is 5.58. The Labute approximate surface area is 57.1 Å². The van der Waals surface area contributed by atoms with E-state index in [-0.39, 0.29) is 0 Å². The van der Waals surface area contributed by atoms with Crippen molar-refractivity contribution in [2.45, 2.75) is 25.8 Å². The minimum Gasteiger partial charge on any atom is -0.315 e. The van der Waals surface area contributed by atoms with Crippen LogP contribution in [0, 0.1) is 6.57 Å². The molecule has 0 heterocycles. The molecule has 9 heavy (non-hydrogen) atoms. The zero-order chi connectivity index (χ0) is 7.11. The lowest BCUT2D eigenvalue weighted by atomic mass is 10.2. The van der Waals surface area contributed by atoms with Crippen LogP contribution in [-0.2, 0) is 0 Å². The van der Waals surface area contributed by atoms with E-state index < -0.39 is 0 Å². The van der Waals surface area contributed by atoms with E-state index in [0.29, 0.717) is 12.6 Å². The summed E-state index contributed by atoms with van der Waals surface area (Å²) in [6.07, 6.45) is 2.26. The average molecular weight is 126 g/mol. The Hall–Kier alpha value is -0.550. The van der Waals surface area contributed by atoms with E-state index in [0.717, 1.165) is 12.8 Å². The molecular weight excluding hydrogens is 112 g/mol. The monoisotopic (exact) mass is 126 g/mol. The molecule has 0 radical (unpaired) electrons. The number of nitrogens with zero attached hydrogens (tertiary/aromatic N) is 1. The molecular formula is C7H14N2. The standard InChI is InChI=1S/C7H14N2/c1-4-5-7(9-3)6-8-2/h7,9H,4-6H2,1,3H3. The van der Waals surface area contributed by atoms with Gasteiger partial charge in [0.25, 0.3) is 0 Å². The van der Waals surface area contributed by atoms with Gasteiger partial charge in [-0.1, -0.05) is 13.3 Å². The molecule has 52 valence electrons. The summed E-state index contributed by atoms with van der Waals surface area (Å²) in [6.45, 7) is 9.35. The van der Waals surface area contributed by atoms with Gasteiger partial charge >= 0.3 is 0 Å². The van der Waals surface area contributed by atoms with E-state index in [1.165, 1.54) is 0 Å². The van der Waals surface area contributed by atoms with Crippen molar-refractivity contribution in [3.63, 3.8) is 0 Å². The molecule has 1 N–H and O–H groups in total. The molecule has 0 bridgehead atoms. The van der Waals surface area contributed by atoms with E-state index in [1.54, 1.807) is 0 Å². The highest BCUT2D eigenvalue weighted by Crippen LogP contribution is 1.95. The van der Waals surface area contributed by atoms with Crippen LogP contribution in [-0.4, -0.2) is 19.6 Å². The lowest BCUT2D eigenvalue weighted by Gasteiger charge is -2.06. The highest BCUT2D eigenvalue weighted by molar-refractivity contribution is 4.73. The lowest BCUT2D eigenvalue weighted by molar-refractivity contribution is 0.546. The van der Waals surface area contributed by atoms with Crippen LogP contribution in [0.15, 0.2) is 0 Å². The summed E-state index contributed by atoms with van der Waals surface area (Å²) in [5.41, 5.74) is 0. The predicted octanol–water partition coefficient (Wildman–Crippen LogP) is 1.29. The Kier molecular flexibility index (Phi) is 5.24. The molecule has 0 aliphatic carbocycles. The number of hydrogen-bond donors (Lipinski definition) is 1. The third-order valence-corrected chi connectivity index (χ3v) is 1.36. The van der Waals surface area contributed by atoms with Gasteiger partial charge in [-0.2, -0.15) is 0 Å². The molecule has 0 aliphatic rings. The van der Waals surface area contributed by atoms with Gasteiger partial charge in [-0.3, -0.25) is 0 Å². The number of nitrogens with one attached hydrogen (secondary N) is 1. The minimum atomic E-state index is 0.410. The summed E-state index contributed by atoms with van der Waals surface area (Å²) >= 11 is 0. The number of likely N-dealkylation sites (N-methyl/N-ethyl adjacent to an activating group) is 1. The third kappa shape index (κ3) is 3.99. The smallest absolute Gasteiger partial charge is 0.229 e. The molecule has 0 aromatic heterocycles. The van der Waals surface area contributed by atoms with Crippen LogP contribution < -0.4 is 5.32 Å². The molecule has 0 rings (SSSR count). The maximum atomic E-state index is 6.60. The SMILES string of the molecule is [C-]#[N+]CC(CCC)NC. The van der Waals surface area contributed by atoms with Crippen LogP contribution in [0.3, 0.4) is 0 Å². The maximum Gasteiger partial charge on any atom is 0.229 e. The molecule has 2 heteroatoms. The molecule has 0 aromatic carbocycles. The molecule has 0 spiro atoms. The second-order valence-electron chi connectivity index (χ2n) is 2.11. The van der Waals surface area contributed by atoms with Gasteiger partial charge in [0.05, 0.1) is 6.04 Å². The second-order valence-corrected chi connectivity index (χ2v) is 2.11. The summed E-state index contributed by atoms with van der Waals surface area (Å²) in [4.78, 5) is 3.31. The van der Waals surface area contributed by atoms with Crippen LogP contribution in [0.5, 0.6) is 0 Å². The number of hydrogen-bond acceptors (Lipinski definition) is 1. The molecule has 1 unspecified atom stereocenters. The molecule has 0 saturated carbocycles. The summed E-state index contributed by atoms with van der Waals surface area (Å²) in [7, 11) is 1.91. The normalized spacial score (nSPS) is 12.6. The molecule has 0 fully saturated rings. The van der Waals surface area contributed by atoms with Gasteiger partial charge in [-0.15, -0.1) is 0 Å². The van der Waals surface area contributed by atoms with E-state index >= 15 is 0 Å². The van der Waals surface area contributed by atoms with Crippen molar-refractivity contribution >= 4 is 0 Å². The van der Waals surface area contributed by atoms with Crippen LogP contribution in [0.25, 0.3) is 4.85 Å². The Morgan fingerprint density at radius 1 is 1.67 bits per heavy atom. The number of rotatable bonds is 4. The predicted molar refractivity (Wildman–Crippen MR) is 39.2 cm³/mol. The van der Waals surface area contributed by atoms with Crippen molar-refractivity contribution in [1.82, 2.24) is 5.32 Å². The van der Waals surface area contributed by atoms with E-state index in [2.05, 4.69) is 17.1 Å². The zero-order valence-corrected chi connectivity index (χ0v) is 6.15. The summed E-state index contributed by atoms with van der Waals surface area (Å²) in [5.74, 6) is 0. The van der Waals surface area contributed by atoms with Crippen molar-refractivity contribution < 1.29 is 0 Å². The summed E-state index contributed by atoms with van der Waals surface area (Å²) in [5, 5.41) is 3.09. The maximum absolute atomic E-state index is 6.60. The van der Waals surface area contributed by atoms with Crippen LogP contribution in [0.4, 0.5) is 0 Å². The summed E-state index contributed by atoms with van der Waals surface area (Å²) < 4.78 is 0. The molecule has 1 atom stereocenters. The van der Waals surface area contributed by atoms with E-state index in [1.807, 2.05) is 7.05 Å². The van der Waals surface area contributed by atoms with Gasteiger partial charge in [0, 0.05) is 0 Å². The van der Waals surface area contributed by atoms with E-state index in [9.17, 15) is 0 Å². The topological polar surface area (TPSA) is 16.4 Å². The quantitative estimate of drug-likeness (QED) is 0.561. The summed E-state index contributed by atoms with van der Waals surface area (Å²) in [6, 6.07) is 0.410. The first-order valence-electron chi connectivity index (χ1n) is 3.35. The Morgan fingerprint density at radius 3 is 2.67 bits per heavy atom. The first-order valence-corrected chi connectivity index (χ1v) is 3.35. The molecule has 0 saturated heterocycles. The zero-order valence-electron chi connectivity index (χ0n) is 6.15. The first-order chi connectivity index (χ1) is 4.35. The van der Waals surface area contributed by atoms with Gasteiger partial charge < -0.3 is 10.2 Å². The highest BCUT2D eigenvalue weighted by Gasteiger charge is 2.04. The van der Waals surface area contributed by atoms with Gasteiger partial charge in [0.2, 0.25) is 6.54 Å². The van der Waals surface area contributed by atoms with Crippen LogP contribution in [0.2, 0.25) is 0 Å². The van der Waals surface area contributed by atoms with Crippen molar-refractivity contribution in [3.05, 3.63) is 11.4 Å².